The van der Waals surface area contributed by atoms with Crippen molar-refractivity contribution in [2.45, 2.75) is 56.4 Å². The molecule has 9 heteroatoms. The molecule has 1 amide bonds. The number of sulfonamides is 1. The largest absolute Gasteiger partial charge is 0.338 e. The van der Waals surface area contributed by atoms with Crippen LogP contribution < -0.4 is 5.73 Å². The Morgan fingerprint density at radius 2 is 1.69 bits per heavy atom. The van der Waals surface area contributed by atoms with Gasteiger partial charge >= 0.3 is 0 Å². The molecule has 148 valence electrons. The molecule has 0 unspecified atom stereocenters. The maximum absolute atomic E-state index is 12.9. The second-order valence-electron chi connectivity index (χ2n) is 7.19. The van der Waals surface area contributed by atoms with Gasteiger partial charge in [-0.05, 0) is 32.8 Å². The van der Waals surface area contributed by atoms with Gasteiger partial charge < -0.3 is 10.6 Å². The normalized spacial score (nSPS) is 21.3. The lowest BCUT2D eigenvalue weighted by Gasteiger charge is -2.40. The number of halogens is 1. The van der Waals surface area contributed by atoms with Crippen molar-refractivity contribution in [3.63, 3.8) is 0 Å². The highest BCUT2D eigenvalue weighted by Gasteiger charge is 2.40. The summed E-state index contributed by atoms with van der Waals surface area (Å²) in [4.78, 5) is 16.8. The first-order valence-electron chi connectivity index (χ1n) is 8.89. The van der Waals surface area contributed by atoms with Gasteiger partial charge in [0.2, 0.25) is 15.9 Å². The third-order valence-corrected chi connectivity index (χ3v) is 8.43. The zero-order valence-corrected chi connectivity index (χ0v) is 17.8. The van der Waals surface area contributed by atoms with Gasteiger partial charge in [-0.1, -0.05) is 19.3 Å². The van der Waals surface area contributed by atoms with Gasteiger partial charge in [-0.15, -0.1) is 23.7 Å². The topological polar surface area (TPSA) is 83.7 Å². The summed E-state index contributed by atoms with van der Waals surface area (Å²) in [6.45, 7) is 5.25. The van der Waals surface area contributed by atoms with Crippen LogP contribution in [-0.2, 0) is 14.8 Å². The highest BCUT2D eigenvalue weighted by Crippen LogP contribution is 2.30. The van der Waals surface area contributed by atoms with Crippen molar-refractivity contribution in [2.75, 3.05) is 26.2 Å². The Hall–Kier alpha value is -0.670. The molecule has 1 aliphatic carbocycles. The van der Waals surface area contributed by atoms with E-state index in [4.69, 9.17) is 5.73 Å². The minimum absolute atomic E-state index is 0. The molecule has 1 aromatic heterocycles. The van der Waals surface area contributed by atoms with Crippen molar-refractivity contribution < 1.29 is 13.2 Å². The second-order valence-corrected chi connectivity index (χ2v) is 10.6. The first kappa shape index (κ1) is 21.6. The van der Waals surface area contributed by atoms with E-state index in [0.717, 1.165) is 41.9 Å². The minimum Gasteiger partial charge on any atom is -0.338 e. The Kier molecular flexibility index (Phi) is 6.77. The maximum atomic E-state index is 12.9. The lowest BCUT2D eigenvalue weighted by Crippen LogP contribution is -2.60. The first-order chi connectivity index (χ1) is 11.7. The number of hydrogen-bond acceptors (Lipinski definition) is 5. The molecule has 1 saturated heterocycles. The van der Waals surface area contributed by atoms with E-state index in [2.05, 4.69) is 0 Å². The van der Waals surface area contributed by atoms with Crippen molar-refractivity contribution in [2.24, 2.45) is 5.73 Å². The molecule has 1 aromatic rings. The van der Waals surface area contributed by atoms with Gasteiger partial charge in [0.15, 0.2) is 0 Å². The molecule has 0 aromatic carbocycles. The van der Waals surface area contributed by atoms with E-state index in [0.29, 0.717) is 31.1 Å². The predicted octanol–water partition coefficient (Wildman–Crippen LogP) is 2.28. The van der Waals surface area contributed by atoms with Crippen LogP contribution in [0.15, 0.2) is 11.0 Å². The van der Waals surface area contributed by atoms with Gasteiger partial charge in [-0.2, -0.15) is 4.31 Å². The quantitative estimate of drug-likeness (QED) is 0.811. The smallest absolute Gasteiger partial charge is 0.244 e. The monoisotopic (exact) mass is 421 g/mol. The summed E-state index contributed by atoms with van der Waals surface area (Å²) < 4.78 is 27.2. The SMILES string of the molecule is Cc1cc(S(=O)(=O)N2CCN(C(=O)C3(N)CCCCC3)CC2)c(C)s1.Cl. The number of hydrogen-bond donors (Lipinski definition) is 1. The molecule has 0 radical (unpaired) electrons. The summed E-state index contributed by atoms with van der Waals surface area (Å²) in [5.74, 6) is -0.00759. The van der Waals surface area contributed by atoms with Crippen LogP contribution in [0, 0.1) is 13.8 Å². The summed E-state index contributed by atoms with van der Waals surface area (Å²) in [7, 11) is -3.49. The van der Waals surface area contributed by atoms with Gasteiger partial charge in [-0.3, -0.25) is 4.79 Å². The van der Waals surface area contributed by atoms with Crippen molar-refractivity contribution in [3.8, 4) is 0 Å². The zero-order chi connectivity index (χ0) is 18.2. The number of nitrogens with zero attached hydrogens (tertiary/aromatic N) is 2. The number of piperazine rings is 1. The average molecular weight is 422 g/mol. The van der Waals surface area contributed by atoms with Gasteiger partial charge in [0.05, 0.1) is 10.4 Å². The third kappa shape index (κ3) is 4.09. The van der Waals surface area contributed by atoms with Crippen LogP contribution in [0.3, 0.4) is 0 Å². The van der Waals surface area contributed by atoms with Gasteiger partial charge in [0.25, 0.3) is 0 Å². The molecule has 26 heavy (non-hydrogen) atoms. The fourth-order valence-electron chi connectivity index (χ4n) is 3.85. The standard InChI is InChI=1S/C17H27N3O3S2.ClH/c1-13-12-15(14(2)24-13)25(22,23)20-10-8-19(9-11-20)16(21)17(18)6-4-3-5-7-17;/h12H,3-11,18H2,1-2H3;1H. The fourth-order valence-corrected chi connectivity index (χ4v) is 6.79. The van der Waals surface area contributed by atoms with Crippen molar-refractivity contribution in [1.29, 1.82) is 0 Å². The van der Waals surface area contributed by atoms with E-state index in [1.165, 1.54) is 15.6 Å². The summed E-state index contributed by atoms with van der Waals surface area (Å²) in [6, 6.07) is 1.74. The molecule has 2 heterocycles. The van der Waals surface area contributed by atoms with Crippen LogP contribution in [-0.4, -0.2) is 55.2 Å². The highest BCUT2D eigenvalue weighted by molar-refractivity contribution is 7.89. The summed E-state index contributed by atoms with van der Waals surface area (Å²) in [5.41, 5.74) is 5.60. The summed E-state index contributed by atoms with van der Waals surface area (Å²) in [5, 5.41) is 0. The van der Waals surface area contributed by atoms with Crippen LogP contribution in [0.2, 0.25) is 0 Å². The molecule has 0 atom stereocenters. The Balaban J connectivity index is 0.00000243. The van der Waals surface area contributed by atoms with E-state index in [1.807, 2.05) is 13.8 Å². The molecule has 1 saturated carbocycles. The minimum atomic E-state index is -3.49. The maximum Gasteiger partial charge on any atom is 0.244 e. The Bertz CT molecular complexity index is 749. The van der Waals surface area contributed by atoms with Crippen LogP contribution in [0.4, 0.5) is 0 Å². The molecule has 6 nitrogen and oxygen atoms in total. The van der Waals surface area contributed by atoms with Crippen molar-refractivity contribution in [1.82, 2.24) is 9.21 Å². The third-order valence-electron chi connectivity index (χ3n) is 5.31. The van der Waals surface area contributed by atoms with Crippen LogP contribution in [0.5, 0.6) is 0 Å². The molecule has 0 bridgehead atoms. The average Bonchev–Trinajstić information content (AvgIpc) is 2.94. The highest BCUT2D eigenvalue weighted by atomic mass is 35.5. The van der Waals surface area contributed by atoms with E-state index >= 15 is 0 Å². The molecule has 1 aliphatic heterocycles. The first-order valence-corrected chi connectivity index (χ1v) is 11.2. The predicted molar refractivity (Wildman–Crippen MR) is 106 cm³/mol. The van der Waals surface area contributed by atoms with Crippen molar-refractivity contribution >= 4 is 39.7 Å². The molecular formula is C17H28ClN3O3S2. The van der Waals surface area contributed by atoms with Crippen LogP contribution in [0.25, 0.3) is 0 Å². The number of amides is 1. The Morgan fingerprint density at radius 3 is 2.19 bits per heavy atom. The van der Waals surface area contributed by atoms with Gasteiger partial charge in [-0.25, -0.2) is 8.42 Å². The van der Waals surface area contributed by atoms with E-state index < -0.39 is 15.6 Å². The fraction of sp³-hybridized carbons (Fsp3) is 0.706. The Morgan fingerprint density at radius 1 is 1.12 bits per heavy atom. The number of carbonyl (C=O) groups excluding carboxylic acids is 1. The lowest BCUT2D eigenvalue weighted by atomic mass is 9.81. The second kappa shape index (κ2) is 8.14. The number of carbonyl (C=O) groups is 1. The molecule has 3 rings (SSSR count). The number of aryl methyl sites for hydroxylation is 2. The summed E-state index contributed by atoms with van der Waals surface area (Å²) >= 11 is 1.50. The lowest BCUT2D eigenvalue weighted by molar-refractivity contribution is -0.139. The zero-order valence-electron chi connectivity index (χ0n) is 15.4. The number of nitrogens with two attached hydrogens (primary N) is 1. The van der Waals surface area contributed by atoms with E-state index in [-0.39, 0.29) is 18.3 Å². The molecule has 2 fully saturated rings. The van der Waals surface area contributed by atoms with Crippen molar-refractivity contribution in [3.05, 3.63) is 15.8 Å². The summed E-state index contributed by atoms with van der Waals surface area (Å²) in [6.07, 6.45) is 4.59. The van der Waals surface area contributed by atoms with E-state index in [9.17, 15) is 13.2 Å². The van der Waals surface area contributed by atoms with Gasteiger partial charge in [0, 0.05) is 35.9 Å². The van der Waals surface area contributed by atoms with Gasteiger partial charge in [0.1, 0.15) is 0 Å². The van der Waals surface area contributed by atoms with Crippen LogP contribution in [0.1, 0.15) is 41.9 Å². The molecule has 0 spiro atoms. The number of thiophene rings is 1. The number of rotatable bonds is 3. The Labute approximate surface area is 166 Å². The molecule has 2 N–H and O–H groups in total. The van der Waals surface area contributed by atoms with Crippen LogP contribution >= 0.6 is 23.7 Å². The molecule has 2 aliphatic rings. The molecular weight excluding hydrogens is 394 g/mol. The van der Waals surface area contributed by atoms with E-state index in [1.54, 1.807) is 11.0 Å².